The number of rotatable bonds is 5. The maximum atomic E-state index is 6.78. The van der Waals surface area contributed by atoms with Gasteiger partial charge in [0.1, 0.15) is 12.4 Å². The van der Waals surface area contributed by atoms with Gasteiger partial charge in [-0.2, -0.15) is 0 Å². The molecule has 58 valence electrons. The molecule has 4 heteroatoms. The molecule has 0 aliphatic carbocycles. The molecule has 0 amide bonds. The molecule has 0 aromatic carbocycles. The summed E-state index contributed by atoms with van der Waals surface area (Å²) in [6.45, 7) is 3.09. The number of amidine groups is 1. The molecule has 0 radical (unpaired) electrons. The van der Waals surface area contributed by atoms with Crippen molar-refractivity contribution < 1.29 is 30.9 Å². The van der Waals surface area contributed by atoms with Crippen LogP contribution in [0.1, 0.15) is 19.8 Å². The fourth-order valence-electron chi connectivity index (χ4n) is 0.429. The van der Waals surface area contributed by atoms with Gasteiger partial charge in [-0.1, -0.05) is 13.3 Å². The van der Waals surface area contributed by atoms with E-state index in [1.165, 1.54) is 0 Å². The van der Waals surface area contributed by atoms with Crippen LogP contribution in [-0.2, 0) is 30.9 Å². The van der Waals surface area contributed by atoms with Crippen molar-refractivity contribution in [3.05, 3.63) is 0 Å². The fourth-order valence-corrected chi connectivity index (χ4v) is 0.429. The van der Waals surface area contributed by atoms with Gasteiger partial charge in [-0.05, 0) is 6.42 Å². The molecule has 0 aromatic rings. The van der Waals surface area contributed by atoms with E-state index in [4.69, 9.17) is 15.9 Å². The minimum Gasteiger partial charge on any atom is -0.386 e. The van der Waals surface area contributed by atoms with Crippen molar-refractivity contribution in [1.29, 1.82) is 5.41 Å². The Hall–Kier alpha value is 0.313. The van der Waals surface area contributed by atoms with Crippen LogP contribution >= 0.6 is 0 Å². The van der Waals surface area contributed by atoms with Crippen LogP contribution in [0.5, 0.6) is 0 Å². The molecule has 0 rings (SSSR count). The Morgan fingerprint density at radius 1 is 1.60 bits per heavy atom. The van der Waals surface area contributed by atoms with Crippen LogP contribution in [0.4, 0.5) is 0 Å². The van der Waals surface area contributed by atoms with E-state index in [-0.39, 0.29) is 38.6 Å². The molecular weight excluding hydrogens is 207 g/mol. The van der Waals surface area contributed by atoms with Crippen molar-refractivity contribution in [2.75, 3.05) is 13.2 Å². The summed E-state index contributed by atoms with van der Waals surface area (Å²) in [7, 11) is 0. The Bertz CT molecular complexity index is 87.8. The first kappa shape index (κ1) is 12.9. The van der Waals surface area contributed by atoms with Crippen molar-refractivity contribution in [1.82, 2.24) is 0 Å². The van der Waals surface area contributed by atoms with E-state index in [2.05, 4.69) is 6.92 Å². The first-order valence-electron chi connectivity index (χ1n) is 3.18. The SMILES string of the molecule is CCCCOCC(=N)N.[Zr]. The average molecular weight is 221 g/mol. The molecule has 0 atom stereocenters. The molecule has 3 N–H and O–H groups in total. The van der Waals surface area contributed by atoms with E-state index in [1.807, 2.05) is 0 Å². The molecule has 0 unspecified atom stereocenters. The minimum atomic E-state index is 0. The zero-order valence-corrected chi connectivity index (χ0v) is 8.77. The zero-order chi connectivity index (χ0) is 7.11. The van der Waals surface area contributed by atoms with Crippen LogP contribution < -0.4 is 5.73 Å². The maximum absolute atomic E-state index is 6.78. The second-order valence-corrected chi connectivity index (χ2v) is 1.93. The van der Waals surface area contributed by atoms with Gasteiger partial charge in [0.15, 0.2) is 0 Å². The summed E-state index contributed by atoms with van der Waals surface area (Å²) in [5.74, 6) is 0.103. The molecule has 0 saturated heterocycles. The van der Waals surface area contributed by atoms with Crippen molar-refractivity contribution in [2.24, 2.45) is 5.73 Å². The van der Waals surface area contributed by atoms with Crippen LogP contribution in [-0.4, -0.2) is 19.0 Å². The second kappa shape index (κ2) is 9.31. The molecule has 3 nitrogen and oxygen atoms in total. The number of nitrogens with two attached hydrogens (primary N) is 1. The van der Waals surface area contributed by atoms with Crippen molar-refractivity contribution in [2.45, 2.75) is 19.8 Å². The zero-order valence-electron chi connectivity index (χ0n) is 6.31. The molecule has 0 spiro atoms. The Morgan fingerprint density at radius 3 is 2.60 bits per heavy atom. The van der Waals surface area contributed by atoms with Gasteiger partial charge in [0, 0.05) is 32.8 Å². The molecule has 0 heterocycles. The number of hydrogen-bond acceptors (Lipinski definition) is 2. The van der Waals surface area contributed by atoms with Crippen LogP contribution in [0.2, 0.25) is 0 Å². The minimum absolute atomic E-state index is 0. The summed E-state index contributed by atoms with van der Waals surface area (Å²) < 4.78 is 4.99. The normalized spacial score (nSPS) is 8.50. The Kier molecular flexibility index (Phi) is 12.1. The van der Waals surface area contributed by atoms with Crippen LogP contribution in [0.25, 0.3) is 0 Å². The maximum Gasteiger partial charge on any atom is 0.117 e. The van der Waals surface area contributed by atoms with E-state index in [1.54, 1.807) is 0 Å². The summed E-state index contributed by atoms with van der Waals surface area (Å²) in [5, 5.41) is 6.78. The van der Waals surface area contributed by atoms with Gasteiger partial charge in [0.25, 0.3) is 0 Å². The molecule has 0 aliphatic rings. The number of nitrogens with one attached hydrogen (secondary N) is 1. The Labute approximate surface area is 81.0 Å². The van der Waals surface area contributed by atoms with Crippen molar-refractivity contribution in [3.63, 3.8) is 0 Å². The third kappa shape index (κ3) is 11.2. The quantitative estimate of drug-likeness (QED) is 0.409. The molecule has 0 aliphatic heterocycles. The van der Waals surface area contributed by atoms with Gasteiger partial charge < -0.3 is 10.5 Å². The fraction of sp³-hybridized carbons (Fsp3) is 0.833. The Balaban J connectivity index is 0. The Morgan fingerprint density at radius 2 is 2.20 bits per heavy atom. The monoisotopic (exact) mass is 220 g/mol. The molecular formula is C6H14N2OZr. The smallest absolute Gasteiger partial charge is 0.117 e. The second-order valence-electron chi connectivity index (χ2n) is 1.93. The summed E-state index contributed by atoms with van der Waals surface area (Å²) in [5.41, 5.74) is 5.03. The van der Waals surface area contributed by atoms with Gasteiger partial charge in [-0.3, -0.25) is 5.41 Å². The molecule has 0 saturated carbocycles. The van der Waals surface area contributed by atoms with E-state index >= 15 is 0 Å². The number of hydrogen-bond donors (Lipinski definition) is 2. The predicted molar refractivity (Wildman–Crippen MR) is 37.6 cm³/mol. The van der Waals surface area contributed by atoms with E-state index < -0.39 is 0 Å². The molecule has 0 bridgehead atoms. The predicted octanol–water partition coefficient (Wildman–Crippen LogP) is 0.737. The van der Waals surface area contributed by atoms with E-state index in [0.29, 0.717) is 0 Å². The third-order valence-electron chi connectivity index (χ3n) is 0.900. The molecule has 0 fully saturated rings. The van der Waals surface area contributed by atoms with Gasteiger partial charge >= 0.3 is 0 Å². The van der Waals surface area contributed by atoms with Gasteiger partial charge in [-0.15, -0.1) is 0 Å². The summed E-state index contributed by atoms with van der Waals surface area (Å²) in [4.78, 5) is 0. The van der Waals surface area contributed by atoms with E-state index in [0.717, 1.165) is 19.4 Å². The van der Waals surface area contributed by atoms with Crippen LogP contribution in [0.15, 0.2) is 0 Å². The van der Waals surface area contributed by atoms with E-state index in [9.17, 15) is 0 Å². The standard InChI is InChI=1S/C6H14N2O.Zr/c1-2-3-4-9-5-6(7)8;/h2-5H2,1H3,(H3,7,8);. The summed E-state index contributed by atoms with van der Waals surface area (Å²) >= 11 is 0. The van der Waals surface area contributed by atoms with Crippen molar-refractivity contribution in [3.8, 4) is 0 Å². The van der Waals surface area contributed by atoms with Gasteiger partial charge in [-0.25, -0.2) is 0 Å². The van der Waals surface area contributed by atoms with Gasteiger partial charge in [0.05, 0.1) is 0 Å². The van der Waals surface area contributed by atoms with Crippen LogP contribution in [0, 0.1) is 5.41 Å². The topological polar surface area (TPSA) is 59.1 Å². The molecule has 0 aromatic heterocycles. The first-order chi connectivity index (χ1) is 4.27. The van der Waals surface area contributed by atoms with Crippen LogP contribution in [0.3, 0.4) is 0 Å². The average Bonchev–Trinajstić information content (AvgIpc) is 1.80. The third-order valence-corrected chi connectivity index (χ3v) is 0.900. The number of unbranched alkanes of at least 4 members (excludes halogenated alkanes) is 1. The van der Waals surface area contributed by atoms with Gasteiger partial charge in [0.2, 0.25) is 0 Å². The molecule has 10 heavy (non-hydrogen) atoms. The summed E-state index contributed by atoms with van der Waals surface area (Å²) in [6.07, 6.45) is 2.17. The number of ether oxygens (including phenoxy) is 1. The summed E-state index contributed by atoms with van der Waals surface area (Å²) in [6, 6.07) is 0. The van der Waals surface area contributed by atoms with Crippen molar-refractivity contribution >= 4 is 5.84 Å². The first-order valence-corrected chi connectivity index (χ1v) is 3.18. The largest absolute Gasteiger partial charge is 0.386 e.